The first-order valence-corrected chi connectivity index (χ1v) is 10.1. The number of rotatable bonds is 7. The minimum absolute atomic E-state index is 0.00284. The monoisotopic (exact) mass is 387 g/mol. The second-order valence-corrected chi connectivity index (χ2v) is 7.59. The second-order valence-electron chi connectivity index (χ2n) is 7.59. The molecular weight excluding hydrogens is 362 g/mol. The van der Waals surface area contributed by atoms with Gasteiger partial charge in [-0.3, -0.25) is 9.59 Å². The number of ether oxygens (including phenoxy) is 1. The Morgan fingerprint density at radius 2 is 1.79 bits per heavy atom. The molecule has 1 fully saturated rings. The first-order valence-electron chi connectivity index (χ1n) is 10.1. The van der Waals surface area contributed by atoms with E-state index in [1.807, 2.05) is 60.7 Å². The third kappa shape index (κ3) is 4.16. The second kappa shape index (κ2) is 8.48. The van der Waals surface area contributed by atoms with Gasteiger partial charge in [0, 0.05) is 23.6 Å². The van der Waals surface area contributed by atoms with Crippen LogP contribution in [0.25, 0.3) is 10.8 Å². The third-order valence-electron chi connectivity index (χ3n) is 5.71. The summed E-state index contributed by atoms with van der Waals surface area (Å²) in [4.78, 5) is 25.1. The summed E-state index contributed by atoms with van der Waals surface area (Å²) in [5.74, 6) is 1.11. The maximum atomic E-state index is 13.0. The standard InChI is InChI=1S/C25H25NO3/c1-29-22-11-10-19-14-21(24(27)17-6-3-2-4-7-17)15-20(23(19)16-22)12-13-26-25(28)18-8-5-9-18/h2-4,6-7,10-11,14-16,18H,5,8-9,12-13H2,1H3,(H,26,28). The van der Waals surface area contributed by atoms with Crippen molar-refractivity contribution in [2.45, 2.75) is 25.7 Å². The fourth-order valence-corrected chi connectivity index (χ4v) is 3.77. The molecule has 1 N–H and O–H groups in total. The molecule has 0 unspecified atom stereocenters. The third-order valence-corrected chi connectivity index (χ3v) is 5.71. The fraction of sp³-hybridized carbons (Fsp3) is 0.280. The number of hydrogen-bond donors (Lipinski definition) is 1. The number of benzene rings is 3. The summed E-state index contributed by atoms with van der Waals surface area (Å²) in [6.45, 7) is 0.560. The molecule has 3 aromatic rings. The summed E-state index contributed by atoms with van der Waals surface area (Å²) in [7, 11) is 1.65. The van der Waals surface area contributed by atoms with Crippen LogP contribution in [0.1, 0.15) is 40.7 Å². The summed E-state index contributed by atoms with van der Waals surface area (Å²) in [6.07, 6.45) is 3.80. The summed E-state index contributed by atoms with van der Waals surface area (Å²) >= 11 is 0. The molecule has 0 aromatic heterocycles. The fourth-order valence-electron chi connectivity index (χ4n) is 3.77. The van der Waals surface area contributed by atoms with E-state index in [1.54, 1.807) is 7.11 Å². The van der Waals surface area contributed by atoms with Gasteiger partial charge in [0.1, 0.15) is 5.75 Å². The minimum Gasteiger partial charge on any atom is -0.497 e. The summed E-state index contributed by atoms with van der Waals surface area (Å²) in [5.41, 5.74) is 2.37. The number of hydrogen-bond acceptors (Lipinski definition) is 3. The predicted molar refractivity (Wildman–Crippen MR) is 114 cm³/mol. The van der Waals surface area contributed by atoms with Crippen LogP contribution < -0.4 is 10.1 Å². The molecule has 0 aliphatic heterocycles. The molecule has 0 spiro atoms. The predicted octanol–water partition coefficient (Wildman–Crippen LogP) is 4.54. The van der Waals surface area contributed by atoms with Gasteiger partial charge in [-0.1, -0.05) is 42.8 Å². The van der Waals surface area contributed by atoms with Gasteiger partial charge in [-0.15, -0.1) is 0 Å². The van der Waals surface area contributed by atoms with Gasteiger partial charge in [-0.2, -0.15) is 0 Å². The van der Waals surface area contributed by atoms with Gasteiger partial charge < -0.3 is 10.1 Å². The maximum absolute atomic E-state index is 13.0. The summed E-state index contributed by atoms with van der Waals surface area (Å²) in [5, 5.41) is 5.09. The Balaban J connectivity index is 1.63. The van der Waals surface area contributed by atoms with Crippen molar-refractivity contribution in [1.29, 1.82) is 0 Å². The number of ketones is 1. The smallest absolute Gasteiger partial charge is 0.223 e. The lowest BCUT2D eigenvalue weighted by Crippen LogP contribution is -2.35. The Morgan fingerprint density at radius 1 is 1.00 bits per heavy atom. The lowest BCUT2D eigenvalue weighted by atomic mass is 9.85. The highest BCUT2D eigenvalue weighted by molar-refractivity contribution is 6.11. The maximum Gasteiger partial charge on any atom is 0.223 e. The molecule has 0 heterocycles. The quantitative estimate of drug-likeness (QED) is 0.606. The van der Waals surface area contributed by atoms with Gasteiger partial charge in [-0.05, 0) is 59.9 Å². The van der Waals surface area contributed by atoms with Crippen LogP contribution in [0.5, 0.6) is 5.75 Å². The molecule has 0 bridgehead atoms. The largest absolute Gasteiger partial charge is 0.497 e. The van der Waals surface area contributed by atoms with Crippen molar-refractivity contribution in [3.63, 3.8) is 0 Å². The molecule has 4 nitrogen and oxygen atoms in total. The molecule has 1 saturated carbocycles. The molecule has 4 heteroatoms. The normalized spacial score (nSPS) is 13.7. The van der Waals surface area contributed by atoms with E-state index in [0.717, 1.165) is 41.3 Å². The van der Waals surface area contributed by atoms with Crippen molar-refractivity contribution in [2.75, 3.05) is 13.7 Å². The van der Waals surface area contributed by atoms with Gasteiger partial charge in [0.2, 0.25) is 5.91 Å². The minimum atomic E-state index is 0.00284. The first-order chi connectivity index (χ1) is 14.2. The van der Waals surface area contributed by atoms with Crippen molar-refractivity contribution >= 4 is 22.5 Å². The van der Waals surface area contributed by atoms with Crippen molar-refractivity contribution in [3.05, 3.63) is 77.4 Å². The number of carbonyl (C=O) groups is 2. The van der Waals surface area contributed by atoms with Crippen molar-refractivity contribution in [2.24, 2.45) is 5.92 Å². The summed E-state index contributed by atoms with van der Waals surface area (Å²) < 4.78 is 5.38. The Bertz CT molecular complexity index is 1040. The SMILES string of the molecule is COc1ccc2cc(C(=O)c3ccccc3)cc(CCNC(=O)C3CCC3)c2c1. The highest BCUT2D eigenvalue weighted by Gasteiger charge is 2.24. The molecule has 0 atom stereocenters. The first kappa shape index (κ1) is 19.2. The highest BCUT2D eigenvalue weighted by Crippen LogP contribution is 2.28. The Kier molecular flexibility index (Phi) is 5.61. The van der Waals surface area contributed by atoms with E-state index in [-0.39, 0.29) is 17.6 Å². The van der Waals surface area contributed by atoms with Crippen LogP contribution in [0.15, 0.2) is 60.7 Å². The van der Waals surface area contributed by atoms with E-state index < -0.39 is 0 Å². The molecule has 148 valence electrons. The lowest BCUT2D eigenvalue weighted by Gasteiger charge is -2.24. The summed E-state index contributed by atoms with van der Waals surface area (Å²) in [6, 6.07) is 19.1. The molecule has 1 aliphatic carbocycles. The van der Waals surface area contributed by atoms with E-state index >= 15 is 0 Å². The number of methoxy groups -OCH3 is 1. The van der Waals surface area contributed by atoms with Crippen LogP contribution in [0, 0.1) is 5.92 Å². The number of fused-ring (bicyclic) bond motifs is 1. The zero-order valence-electron chi connectivity index (χ0n) is 16.6. The molecule has 1 amide bonds. The molecular formula is C25H25NO3. The van der Waals surface area contributed by atoms with Gasteiger partial charge >= 0.3 is 0 Å². The van der Waals surface area contributed by atoms with E-state index in [2.05, 4.69) is 5.32 Å². The van der Waals surface area contributed by atoms with Gasteiger partial charge in [0.15, 0.2) is 5.78 Å². The molecule has 1 aliphatic rings. The van der Waals surface area contributed by atoms with Crippen LogP contribution in [0.2, 0.25) is 0 Å². The van der Waals surface area contributed by atoms with Crippen LogP contribution in [0.3, 0.4) is 0 Å². The average Bonchev–Trinajstić information content (AvgIpc) is 2.72. The lowest BCUT2D eigenvalue weighted by molar-refractivity contribution is -0.127. The van der Waals surface area contributed by atoms with E-state index in [9.17, 15) is 9.59 Å². The van der Waals surface area contributed by atoms with E-state index in [0.29, 0.717) is 24.1 Å². The van der Waals surface area contributed by atoms with Gasteiger partial charge in [-0.25, -0.2) is 0 Å². The van der Waals surface area contributed by atoms with Crippen LogP contribution >= 0.6 is 0 Å². The molecule has 3 aromatic carbocycles. The van der Waals surface area contributed by atoms with Crippen molar-refractivity contribution in [1.82, 2.24) is 5.32 Å². The van der Waals surface area contributed by atoms with Gasteiger partial charge in [0.25, 0.3) is 0 Å². The van der Waals surface area contributed by atoms with Crippen LogP contribution in [0.4, 0.5) is 0 Å². The van der Waals surface area contributed by atoms with Gasteiger partial charge in [0.05, 0.1) is 7.11 Å². The Hall–Kier alpha value is -3.14. The van der Waals surface area contributed by atoms with Crippen LogP contribution in [-0.4, -0.2) is 25.3 Å². The molecule has 0 saturated heterocycles. The molecule has 4 rings (SSSR count). The Labute approximate surface area is 170 Å². The van der Waals surface area contributed by atoms with Crippen molar-refractivity contribution in [3.8, 4) is 5.75 Å². The van der Waals surface area contributed by atoms with Crippen LogP contribution in [-0.2, 0) is 11.2 Å². The zero-order chi connectivity index (χ0) is 20.2. The number of amides is 1. The molecule has 29 heavy (non-hydrogen) atoms. The number of nitrogens with one attached hydrogen (secondary N) is 1. The Morgan fingerprint density at radius 3 is 2.48 bits per heavy atom. The average molecular weight is 387 g/mol. The molecule has 0 radical (unpaired) electrons. The number of carbonyl (C=O) groups excluding carboxylic acids is 2. The zero-order valence-corrected chi connectivity index (χ0v) is 16.6. The van der Waals surface area contributed by atoms with Crippen molar-refractivity contribution < 1.29 is 14.3 Å². The topological polar surface area (TPSA) is 55.4 Å². The highest BCUT2D eigenvalue weighted by atomic mass is 16.5. The van der Waals surface area contributed by atoms with E-state index in [1.165, 1.54) is 0 Å². The van der Waals surface area contributed by atoms with E-state index in [4.69, 9.17) is 4.74 Å².